The van der Waals surface area contributed by atoms with Crippen LogP contribution in [0.3, 0.4) is 0 Å². The number of sulfonamides is 1. The van der Waals surface area contributed by atoms with E-state index in [9.17, 15) is 8.42 Å². The molecule has 3 N–H and O–H groups in total. The van der Waals surface area contributed by atoms with E-state index in [1.165, 1.54) is 23.5 Å². The van der Waals surface area contributed by atoms with Gasteiger partial charge in [-0.05, 0) is 36.4 Å². The summed E-state index contributed by atoms with van der Waals surface area (Å²) in [6.07, 6.45) is 0. The van der Waals surface area contributed by atoms with Gasteiger partial charge in [-0.15, -0.1) is 0 Å². The Hall–Kier alpha value is -1.48. The van der Waals surface area contributed by atoms with Crippen LogP contribution in [-0.4, -0.2) is 13.4 Å². The number of hydrogen-bond donors (Lipinski definition) is 2. The van der Waals surface area contributed by atoms with Gasteiger partial charge >= 0.3 is 0 Å². The van der Waals surface area contributed by atoms with E-state index in [4.69, 9.17) is 5.14 Å². The number of aromatic nitrogens is 1. The number of fused-ring (bicyclic) bond motifs is 1. The fraction of sp³-hybridized carbons (Fsp3) is 0. The van der Waals surface area contributed by atoms with Crippen molar-refractivity contribution in [2.75, 3.05) is 5.32 Å². The Bertz CT molecular complexity index is 922. The lowest BCUT2D eigenvalue weighted by molar-refractivity contribution is 0.598. The minimum atomic E-state index is -3.71. The molecular formula is C13H10BrN3O2S2. The molecule has 1 aromatic heterocycles. The van der Waals surface area contributed by atoms with Gasteiger partial charge in [0.2, 0.25) is 10.0 Å². The molecule has 0 saturated heterocycles. The third-order valence-electron chi connectivity index (χ3n) is 2.76. The van der Waals surface area contributed by atoms with Crippen molar-refractivity contribution in [3.05, 3.63) is 46.9 Å². The molecule has 0 radical (unpaired) electrons. The molecule has 2 aromatic carbocycles. The molecule has 108 valence electrons. The lowest BCUT2D eigenvalue weighted by Crippen LogP contribution is -2.12. The topological polar surface area (TPSA) is 85.1 Å². The summed E-state index contributed by atoms with van der Waals surface area (Å²) in [7, 11) is -3.71. The first kappa shape index (κ1) is 14.5. The van der Waals surface area contributed by atoms with Gasteiger partial charge in [0, 0.05) is 10.2 Å². The van der Waals surface area contributed by atoms with Crippen molar-refractivity contribution in [3.63, 3.8) is 0 Å². The van der Waals surface area contributed by atoms with Gasteiger partial charge in [0.1, 0.15) is 0 Å². The number of nitrogens with zero attached hydrogens (tertiary/aromatic N) is 1. The number of halogens is 1. The number of primary sulfonamides is 1. The predicted molar refractivity (Wildman–Crippen MR) is 88.4 cm³/mol. The molecule has 0 saturated carbocycles. The molecular weight excluding hydrogens is 374 g/mol. The third-order valence-corrected chi connectivity index (χ3v) is 5.10. The summed E-state index contributed by atoms with van der Waals surface area (Å²) in [4.78, 5) is 4.51. The van der Waals surface area contributed by atoms with Crippen molar-refractivity contribution in [1.29, 1.82) is 0 Å². The van der Waals surface area contributed by atoms with Crippen LogP contribution in [0.5, 0.6) is 0 Å². The Morgan fingerprint density at radius 1 is 1.19 bits per heavy atom. The van der Waals surface area contributed by atoms with Crippen LogP contribution >= 0.6 is 27.3 Å². The fourth-order valence-electron chi connectivity index (χ4n) is 1.83. The normalized spacial score (nSPS) is 11.7. The maximum atomic E-state index is 11.3. The molecule has 8 heteroatoms. The molecule has 0 aliphatic rings. The second kappa shape index (κ2) is 5.38. The minimum Gasteiger partial charge on any atom is -0.331 e. The lowest BCUT2D eigenvalue weighted by Gasteiger charge is -2.04. The summed E-state index contributed by atoms with van der Waals surface area (Å²) in [5.74, 6) is 0. The SMILES string of the molecule is NS(=O)(=O)c1cccc(Nc2nc3ccc(Br)cc3s2)c1. The van der Waals surface area contributed by atoms with E-state index in [0.29, 0.717) is 10.8 Å². The Labute approximate surface area is 134 Å². The van der Waals surface area contributed by atoms with Crippen molar-refractivity contribution in [2.24, 2.45) is 5.14 Å². The first-order valence-electron chi connectivity index (χ1n) is 5.88. The van der Waals surface area contributed by atoms with Crippen LogP contribution in [0.4, 0.5) is 10.8 Å². The second-order valence-electron chi connectivity index (χ2n) is 4.33. The van der Waals surface area contributed by atoms with E-state index in [1.54, 1.807) is 12.1 Å². The van der Waals surface area contributed by atoms with Crippen LogP contribution in [0.1, 0.15) is 0 Å². The Morgan fingerprint density at radius 3 is 2.76 bits per heavy atom. The molecule has 0 aliphatic heterocycles. The first-order chi connectivity index (χ1) is 9.91. The maximum absolute atomic E-state index is 11.3. The molecule has 0 atom stereocenters. The van der Waals surface area contributed by atoms with Crippen LogP contribution in [0.25, 0.3) is 10.2 Å². The number of anilines is 2. The zero-order valence-corrected chi connectivity index (χ0v) is 13.8. The van der Waals surface area contributed by atoms with E-state index in [0.717, 1.165) is 14.7 Å². The smallest absolute Gasteiger partial charge is 0.238 e. The maximum Gasteiger partial charge on any atom is 0.238 e. The highest BCUT2D eigenvalue weighted by Crippen LogP contribution is 2.30. The van der Waals surface area contributed by atoms with Gasteiger partial charge in [0.15, 0.2) is 5.13 Å². The molecule has 21 heavy (non-hydrogen) atoms. The molecule has 0 aliphatic carbocycles. The Balaban J connectivity index is 1.95. The number of hydrogen-bond acceptors (Lipinski definition) is 5. The van der Waals surface area contributed by atoms with Crippen molar-refractivity contribution >= 4 is 58.3 Å². The summed E-state index contributed by atoms with van der Waals surface area (Å²) in [6, 6.07) is 12.2. The molecule has 3 rings (SSSR count). The van der Waals surface area contributed by atoms with Crippen LogP contribution in [0.15, 0.2) is 51.8 Å². The summed E-state index contributed by atoms with van der Waals surface area (Å²) in [6.45, 7) is 0. The van der Waals surface area contributed by atoms with Gasteiger partial charge in [0.05, 0.1) is 15.1 Å². The van der Waals surface area contributed by atoms with Gasteiger partial charge in [0.25, 0.3) is 0 Å². The molecule has 0 unspecified atom stereocenters. The van der Waals surface area contributed by atoms with Crippen molar-refractivity contribution in [3.8, 4) is 0 Å². The highest BCUT2D eigenvalue weighted by atomic mass is 79.9. The second-order valence-corrected chi connectivity index (χ2v) is 7.84. The highest BCUT2D eigenvalue weighted by molar-refractivity contribution is 9.10. The van der Waals surface area contributed by atoms with E-state index < -0.39 is 10.0 Å². The Kier molecular flexibility index (Phi) is 3.70. The minimum absolute atomic E-state index is 0.0661. The lowest BCUT2D eigenvalue weighted by atomic mass is 10.3. The Morgan fingerprint density at radius 2 is 2.00 bits per heavy atom. The average Bonchev–Trinajstić information content (AvgIpc) is 2.79. The quantitative estimate of drug-likeness (QED) is 0.724. The zero-order valence-electron chi connectivity index (χ0n) is 10.6. The van der Waals surface area contributed by atoms with Gasteiger partial charge in [-0.1, -0.05) is 33.3 Å². The summed E-state index contributed by atoms with van der Waals surface area (Å²) in [5.41, 5.74) is 1.51. The predicted octanol–water partition coefficient (Wildman–Crippen LogP) is 3.45. The molecule has 0 spiro atoms. The van der Waals surface area contributed by atoms with Crippen LogP contribution in [0, 0.1) is 0 Å². The highest BCUT2D eigenvalue weighted by Gasteiger charge is 2.09. The molecule has 0 amide bonds. The monoisotopic (exact) mass is 383 g/mol. The summed E-state index contributed by atoms with van der Waals surface area (Å²) >= 11 is 4.90. The van der Waals surface area contributed by atoms with Crippen LogP contribution in [0.2, 0.25) is 0 Å². The first-order valence-corrected chi connectivity index (χ1v) is 9.03. The standard InChI is InChI=1S/C13H10BrN3O2S2/c14-8-4-5-11-12(6-8)20-13(17-11)16-9-2-1-3-10(7-9)21(15,18)19/h1-7H,(H,16,17)(H2,15,18,19). The van der Waals surface area contributed by atoms with E-state index in [1.807, 2.05) is 18.2 Å². The summed E-state index contributed by atoms with van der Waals surface area (Å²) in [5, 5.41) is 8.91. The van der Waals surface area contributed by atoms with Gasteiger partial charge in [-0.3, -0.25) is 0 Å². The van der Waals surface area contributed by atoms with E-state index >= 15 is 0 Å². The largest absolute Gasteiger partial charge is 0.331 e. The van der Waals surface area contributed by atoms with Gasteiger partial charge < -0.3 is 5.32 Å². The van der Waals surface area contributed by atoms with Gasteiger partial charge in [-0.25, -0.2) is 18.5 Å². The molecule has 0 bridgehead atoms. The third kappa shape index (κ3) is 3.24. The molecule has 1 heterocycles. The van der Waals surface area contributed by atoms with Crippen molar-refractivity contribution < 1.29 is 8.42 Å². The fourth-order valence-corrected chi connectivity index (χ4v) is 3.82. The number of thiazole rings is 1. The summed E-state index contributed by atoms with van der Waals surface area (Å²) < 4.78 is 24.7. The van der Waals surface area contributed by atoms with E-state index in [-0.39, 0.29) is 4.90 Å². The zero-order chi connectivity index (χ0) is 15.0. The number of benzene rings is 2. The van der Waals surface area contributed by atoms with Crippen LogP contribution in [-0.2, 0) is 10.0 Å². The van der Waals surface area contributed by atoms with Crippen molar-refractivity contribution in [2.45, 2.75) is 4.90 Å². The molecule has 5 nitrogen and oxygen atoms in total. The molecule has 3 aromatic rings. The number of nitrogens with two attached hydrogens (primary N) is 1. The molecule has 0 fully saturated rings. The average molecular weight is 384 g/mol. The number of nitrogens with one attached hydrogen (secondary N) is 1. The van der Waals surface area contributed by atoms with E-state index in [2.05, 4.69) is 26.2 Å². The van der Waals surface area contributed by atoms with Gasteiger partial charge in [-0.2, -0.15) is 0 Å². The van der Waals surface area contributed by atoms with Crippen molar-refractivity contribution in [1.82, 2.24) is 4.98 Å². The number of rotatable bonds is 3. The van der Waals surface area contributed by atoms with Crippen LogP contribution < -0.4 is 10.5 Å².